The van der Waals surface area contributed by atoms with Crippen LogP contribution in [-0.4, -0.2) is 27.0 Å². The van der Waals surface area contributed by atoms with E-state index in [2.05, 4.69) is 13.8 Å². The fraction of sp³-hybridized carbons (Fsp3) is 1.00. The maximum atomic E-state index is 12.2. The molecule has 0 aromatic carbocycles. The first kappa shape index (κ1) is 16.7. The largest absolute Gasteiger partial charge is 0.511 e. The highest BCUT2D eigenvalue weighted by molar-refractivity contribution is 7.90. The third-order valence-corrected chi connectivity index (χ3v) is 5.36. The Morgan fingerprint density at radius 1 is 1.26 bits per heavy atom. The molecule has 0 aliphatic heterocycles. The highest BCUT2D eigenvalue weighted by atomic mass is 32.2. The molecule has 4 nitrogen and oxygen atoms in total. The molecule has 8 heteroatoms. The number of nitrogens with one attached hydrogen (secondary N) is 1. The Hall–Kier alpha value is -0.340. The lowest BCUT2D eigenvalue weighted by molar-refractivity contribution is -0.0448. The Morgan fingerprint density at radius 2 is 1.74 bits per heavy atom. The van der Waals surface area contributed by atoms with Crippen LogP contribution < -0.4 is 10.5 Å². The number of hydrogen-bond donors (Lipinski definition) is 2. The van der Waals surface area contributed by atoms with Gasteiger partial charge in [0.05, 0.1) is 0 Å². The molecule has 0 amide bonds. The lowest BCUT2D eigenvalue weighted by atomic mass is 9.82. The van der Waals surface area contributed by atoms with Crippen molar-refractivity contribution in [3.05, 3.63) is 0 Å². The van der Waals surface area contributed by atoms with Gasteiger partial charge in [0.25, 0.3) is 0 Å². The maximum Gasteiger partial charge on any atom is 0.511 e. The summed E-state index contributed by atoms with van der Waals surface area (Å²) in [4.78, 5) is 0. The van der Waals surface area contributed by atoms with Crippen molar-refractivity contribution in [2.24, 2.45) is 23.0 Å². The van der Waals surface area contributed by atoms with Crippen LogP contribution in [0.1, 0.15) is 33.1 Å². The van der Waals surface area contributed by atoms with E-state index >= 15 is 0 Å². The van der Waals surface area contributed by atoms with Crippen LogP contribution in [0.4, 0.5) is 13.2 Å². The summed E-state index contributed by atoms with van der Waals surface area (Å²) in [5.74, 6) is 0.922. The van der Waals surface area contributed by atoms with Gasteiger partial charge in [0.15, 0.2) is 0 Å². The number of sulfonamides is 1. The quantitative estimate of drug-likeness (QED) is 0.814. The Labute approximate surface area is 112 Å². The molecular formula is C11H21F3N2O2S. The molecule has 2 atom stereocenters. The fourth-order valence-electron chi connectivity index (χ4n) is 2.86. The normalized spacial score (nSPS) is 32.7. The van der Waals surface area contributed by atoms with Crippen molar-refractivity contribution in [1.82, 2.24) is 4.72 Å². The summed E-state index contributed by atoms with van der Waals surface area (Å²) >= 11 is 0. The molecule has 0 spiro atoms. The van der Waals surface area contributed by atoms with E-state index in [0.29, 0.717) is 24.8 Å². The molecule has 114 valence electrons. The van der Waals surface area contributed by atoms with Crippen LogP contribution in [0.15, 0.2) is 0 Å². The van der Waals surface area contributed by atoms with E-state index in [1.807, 2.05) is 0 Å². The second-order valence-corrected chi connectivity index (χ2v) is 7.42. The van der Waals surface area contributed by atoms with Crippen molar-refractivity contribution in [3.63, 3.8) is 0 Å². The summed E-state index contributed by atoms with van der Waals surface area (Å²) in [6, 6.07) is 0. The maximum absolute atomic E-state index is 12.2. The zero-order chi connectivity index (χ0) is 14.9. The summed E-state index contributed by atoms with van der Waals surface area (Å²) in [6.07, 6.45) is 2.00. The van der Waals surface area contributed by atoms with Gasteiger partial charge in [-0.1, -0.05) is 13.8 Å². The predicted molar refractivity (Wildman–Crippen MR) is 66.6 cm³/mol. The molecular weight excluding hydrogens is 281 g/mol. The average Bonchev–Trinajstić information content (AvgIpc) is 2.53. The van der Waals surface area contributed by atoms with Crippen LogP contribution in [0.2, 0.25) is 0 Å². The molecule has 1 aliphatic rings. The van der Waals surface area contributed by atoms with E-state index in [-0.39, 0.29) is 12.0 Å². The third-order valence-electron chi connectivity index (χ3n) is 4.17. The van der Waals surface area contributed by atoms with Crippen LogP contribution in [0.5, 0.6) is 0 Å². The number of alkyl halides is 3. The minimum absolute atomic E-state index is 0.224. The second-order valence-electron chi connectivity index (χ2n) is 5.66. The molecule has 1 saturated carbocycles. The van der Waals surface area contributed by atoms with Gasteiger partial charge in [0, 0.05) is 6.54 Å². The molecule has 0 aromatic heterocycles. The van der Waals surface area contributed by atoms with E-state index in [0.717, 1.165) is 12.8 Å². The molecule has 0 aromatic rings. The Bertz CT molecular complexity index is 399. The topological polar surface area (TPSA) is 72.2 Å². The van der Waals surface area contributed by atoms with Crippen molar-refractivity contribution in [2.75, 3.05) is 13.1 Å². The SMILES string of the molecule is CC1CC(CN)(CCNS(=O)(=O)C(F)(F)F)CC1C. The monoisotopic (exact) mass is 302 g/mol. The lowest BCUT2D eigenvalue weighted by Gasteiger charge is -2.28. The fourth-order valence-corrected chi connectivity index (χ4v) is 3.39. The summed E-state index contributed by atoms with van der Waals surface area (Å²) in [7, 11) is -5.24. The Balaban J connectivity index is 2.58. The second kappa shape index (κ2) is 5.57. The zero-order valence-corrected chi connectivity index (χ0v) is 11.9. The number of halogens is 3. The Kier molecular flexibility index (Phi) is 4.90. The number of nitrogens with two attached hydrogens (primary N) is 1. The summed E-state index contributed by atoms with van der Waals surface area (Å²) in [6.45, 7) is 4.32. The van der Waals surface area contributed by atoms with Crippen LogP contribution in [0.25, 0.3) is 0 Å². The Morgan fingerprint density at radius 3 is 2.11 bits per heavy atom. The molecule has 0 radical (unpaired) electrons. The highest BCUT2D eigenvalue weighted by Gasteiger charge is 2.46. The molecule has 0 heterocycles. The molecule has 1 rings (SSSR count). The van der Waals surface area contributed by atoms with Crippen LogP contribution >= 0.6 is 0 Å². The van der Waals surface area contributed by atoms with Gasteiger partial charge in [0.2, 0.25) is 0 Å². The first-order chi connectivity index (χ1) is 8.53. The molecule has 19 heavy (non-hydrogen) atoms. The van der Waals surface area contributed by atoms with Gasteiger partial charge in [0.1, 0.15) is 0 Å². The minimum Gasteiger partial charge on any atom is -0.330 e. The molecule has 3 N–H and O–H groups in total. The predicted octanol–water partition coefficient (Wildman–Crippen LogP) is 1.83. The average molecular weight is 302 g/mol. The summed E-state index contributed by atoms with van der Waals surface area (Å²) < 4.78 is 59.8. The van der Waals surface area contributed by atoms with Gasteiger partial charge in [-0.05, 0) is 43.1 Å². The van der Waals surface area contributed by atoms with Gasteiger partial charge in [-0.25, -0.2) is 13.1 Å². The molecule has 1 fully saturated rings. The standard InChI is InChI=1S/C11H21F3N2O2S/c1-8-5-10(7-15,6-9(8)2)3-4-16-19(17,18)11(12,13)14/h8-9,16H,3-7,15H2,1-2H3. The minimum atomic E-state index is -5.25. The van der Waals surface area contributed by atoms with Crippen molar-refractivity contribution < 1.29 is 21.6 Å². The van der Waals surface area contributed by atoms with E-state index in [9.17, 15) is 21.6 Å². The smallest absolute Gasteiger partial charge is 0.330 e. The highest BCUT2D eigenvalue weighted by Crippen LogP contribution is 2.46. The van der Waals surface area contributed by atoms with Gasteiger partial charge in [-0.3, -0.25) is 0 Å². The van der Waals surface area contributed by atoms with Crippen LogP contribution in [0.3, 0.4) is 0 Å². The first-order valence-electron chi connectivity index (χ1n) is 6.29. The zero-order valence-electron chi connectivity index (χ0n) is 11.1. The van der Waals surface area contributed by atoms with Crippen LogP contribution in [-0.2, 0) is 10.0 Å². The molecule has 0 saturated heterocycles. The molecule has 0 bridgehead atoms. The third kappa shape index (κ3) is 3.82. The molecule has 2 unspecified atom stereocenters. The van der Waals surface area contributed by atoms with Gasteiger partial charge in [-0.15, -0.1) is 0 Å². The van der Waals surface area contributed by atoms with Crippen LogP contribution in [0, 0.1) is 17.3 Å². The van der Waals surface area contributed by atoms with Gasteiger partial charge in [-0.2, -0.15) is 13.2 Å². The summed E-state index contributed by atoms with van der Waals surface area (Å²) in [5.41, 5.74) is 0.235. The van der Waals surface area contributed by atoms with E-state index in [1.165, 1.54) is 0 Å². The van der Waals surface area contributed by atoms with E-state index < -0.39 is 15.5 Å². The first-order valence-corrected chi connectivity index (χ1v) is 7.77. The van der Waals surface area contributed by atoms with Crippen molar-refractivity contribution in [2.45, 2.75) is 38.6 Å². The van der Waals surface area contributed by atoms with Crippen molar-refractivity contribution in [3.8, 4) is 0 Å². The summed E-state index contributed by atoms with van der Waals surface area (Å²) in [5, 5.41) is 0. The van der Waals surface area contributed by atoms with Gasteiger partial charge >= 0.3 is 15.5 Å². The van der Waals surface area contributed by atoms with E-state index in [4.69, 9.17) is 5.73 Å². The number of rotatable bonds is 5. The van der Waals surface area contributed by atoms with Crippen molar-refractivity contribution in [1.29, 1.82) is 0 Å². The van der Waals surface area contributed by atoms with Gasteiger partial charge < -0.3 is 5.73 Å². The van der Waals surface area contributed by atoms with E-state index in [1.54, 1.807) is 4.72 Å². The number of hydrogen-bond acceptors (Lipinski definition) is 3. The molecule has 1 aliphatic carbocycles. The lowest BCUT2D eigenvalue weighted by Crippen LogP contribution is -2.39. The van der Waals surface area contributed by atoms with Crippen molar-refractivity contribution >= 4 is 10.0 Å².